The van der Waals surface area contributed by atoms with Crippen molar-refractivity contribution in [3.63, 3.8) is 0 Å². The predicted octanol–water partition coefficient (Wildman–Crippen LogP) is 1.40. The molecule has 0 fully saturated rings. The van der Waals surface area contributed by atoms with Crippen molar-refractivity contribution in [2.75, 3.05) is 13.7 Å². The van der Waals surface area contributed by atoms with E-state index in [-0.39, 0.29) is 6.61 Å². The summed E-state index contributed by atoms with van der Waals surface area (Å²) < 4.78 is 9.99. The zero-order valence-electron chi connectivity index (χ0n) is 7.61. The molecular formula is C9H12O4. The van der Waals surface area contributed by atoms with E-state index in [1.54, 1.807) is 19.1 Å². The molecule has 1 unspecified atom stereocenters. The highest BCUT2D eigenvalue weighted by Gasteiger charge is 2.22. The molecule has 4 nitrogen and oxygen atoms in total. The lowest BCUT2D eigenvalue weighted by Gasteiger charge is -2.07. The smallest absolute Gasteiger partial charge is 0.316 e. The Kier molecular flexibility index (Phi) is 3.08. The van der Waals surface area contributed by atoms with Crippen molar-refractivity contribution in [2.45, 2.75) is 12.8 Å². The van der Waals surface area contributed by atoms with Crippen LogP contribution < -0.4 is 0 Å². The molecule has 0 bridgehead atoms. The first kappa shape index (κ1) is 9.80. The van der Waals surface area contributed by atoms with E-state index >= 15 is 0 Å². The Morgan fingerprint density at radius 1 is 1.69 bits per heavy atom. The molecule has 0 aliphatic rings. The van der Waals surface area contributed by atoms with Crippen LogP contribution in [-0.4, -0.2) is 24.8 Å². The second-order valence-electron chi connectivity index (χ2n) is 2.79. The van der Waals surface area contributed by atoms with E-state index in [9.17, 15) is 4.79 Å². The molecule has 1 atom stereocenters. The number of ether oxygens (including phenoxy) is 1. The first-order valence-corrected chi connectivity index (χ1v) is 3.93. The number of methoxy groups -OCH3 is 1. The molecule has 0 radical (unpaired) electrons. The number of carboxylic acid groups (broad SMARTS) is 1. The largest absolute Gasteiger partial charge is 0.481 e. The number of aryl methyl sites for hydroxylation is 1. The van der Waals surface area contributed by atoms with Crippen molar-refractivity contribution in [3.8, 4) is 0 Å². The Labute approximate surface area is 76.1 Å². The molecule has 4 heteroatoms. The molecule has 1 aromatic rings. The Morgan fingerprint density at radius 2 is 2.38 bits per heavy atom. The standard InChI is InChI=1S/C9H12O4/c1-6-3-4-8(13-6)7(5-12-2)9(10)11/h3-4,7H,5H2,1-2H3,(H,10,11). The predicted molar refractivity (Wildman–Crippen MR) is 45.7 cm³/mol. The van der Waals surface area contributed by atoms with Crippen LogP contribution in [0.1, 0.15) is 17.4 Å². The van der Waals surface area contributed by atoms with Crippen LogP contribution in [-0.2, 0) is 9.53 Å². The maximum atomic E-state index is 10.8. The SMILES string of the molecule is COCC(C(=O)O)c1ccc(C)o1. The fourth-order valence-electron chi connectivity index (χ4n) is 1.08. The summed E-state index contributed by atoms with van der Waals surface area (Å²) in [6.07, 6.45) is 0. The Hall–Kier alpha value is -1.29. The molecule has 0 spiro atoms. The van der Waals surface area contributed by atoms with Gasteiger partial charge in [-0.3, -0.25) is 4.79 Å². The average Bonchev–Trinajstić information content (AvgIpc) is 2.46. The van der Waals surface area contributed by atoms with Gasteiger partial charge in [0, 0.05) is 7.11 Å². The van der Waals surface area contributed by atoms with Gasteiger partial charge >= 0.3 is 5.97 Å². The molecule has 1 aromatic heterocycles. The van der Waals surface area contributed by atoms with Gasteiger partial charge in [0.15, 0.2) is 0 Å². The van der Waals surface area contributed by atoms with Gasteiger partial charge in [-0.05, 0) is 19.1 Å². The van der Waals surface area contributed by atoms with Crippen LogP contribution >= 0.6 is 0 Å². The number of carbonyl (C=O) groups is 1. The minimum atomic E-state index is -0.934. The molecule has 13 heavy (non-hydrogen) atoms. The highest BCUT2D eigenvalue weighted by atomic mass is 16.5. The molecule has 0 aromatic carbocycles. The summed E-state index contributed by atoms with van der Waals surface area (Å²) >= 11 is 0. The van der Waals surface area contributed by atoms with E-state index < -0.39 is 11.9 Å². The first-order valence-electron chi connectivity index (χ1n) is 3.93. The quantitative estimate of drug-likeness (QED) is 0.768. The van der Waals surface area contributed by atoms with Crippen LogP contribution in [0.3, 0.4) is 0 Å². The van der Waals surface area contributed by atoms with E-state index in [1.807, 2.05) is 0 Å². The lowest BCUT2D eigenvalue weighted by molar-refractivity contribution is -0.140. The maximum Gasteiger partial charge on any atom is 0.316 e. The van der Waals surface area contributed by atoms with E-state index in [4.69, 9.17) is 14.3 Å². The Bertz CT molecular complexity index is 290. The lowest BCUT2D eigenvalue weighted by Crippen LogP contribution is -2.16. The minimum absolute atomic E-state index is 0.127. The van der Waals surface area contributed by atoms with Crippen LogP contribution in [0.5, 0.6) is 0 Å². The van der Waals surface area contributed by atoms with Gasteiger partial charge in [0.1, 0.15) is 17.4 Å². The summed E-state index contributed by atoms with van der Waals surface area (Å²) in [5.74, 6) is -0.501. The summed E-state index contributed by atoms with van der Waals surface area (Å²) in [6, 6.07) is 3.40. The van der Waals surface area contributed by atoms with Gasteiger partial charge < -0.3 is 14.3 Å². The van der Waals surface area contributed by atoms with Gasteiger partial charge in [0.05, 0.1) is 6.61 Å². The zero-order chi connectivity index (χ0) is 9.84. The van der Waals surface area contributed by atoms with E-state index in [0.717, 1.165) is 0 Å². The van der Waals surface area contributed by atoms with Crippen molar-refractivity contribution in [2.24, 2.45) is 0 Å². The van der Waals surface area contributed by atoms with Gasteiger partial charge in [-0.15, -0.1) is 0 Å². The summed E-state index contributed by atoms with van der Waals surface area (Å²) in [5.41, 5.74) is 0. The van der Waals surface area contributed by atoms with Crippen LogP contribution in [0.15, 0.2) is 16.5 Å². The molecule has 0 amide bonds. The average molecular weight is 184 g/mol. The number of carboxylic acids is 1. The third-order valence-corrected chi connectivity index (χ3v) is 1.74. The van der Waals surface area contributed by atoms with Crippen LogP contribution in [0.2, 0.25) is 0 Å². The fraction of sp³-hybridized carbons (Fsp3) is 0.444. The Balaban J connectivity index is 2.81. The van der Waals surface area contributed by atoms with E-state index in [0.29, 0.717) is 11.5 Å². The highest BCUT2D eigenvalue weighted by molar-refractivity contribution is 5.75. The van der Waals surface area contributed by atoms with Crippen molar-refractivity contribution in [1.82, 2.24) is 0 Å². The van der Waals surface area contributed by atoms with Gasteiger partial charge in [-0.25, -0.2) is 0 Å². The molecule has 0 saturated carbocycles. The molecule has 1 rings (SSSR count). The lowest BCUT2D eigenvalue weighted by atomic mass is 10.1. The fourth-order valence-corrected chi connectivity index (χ4v) is 1.08. The number of rotatable bonds is 4. The summed E-state index contributed by atoms with van der Waals surface area (Å²) in [6.45, 7) is 1.90. The van der Waals surface area contributed by atoms with Gasteiger partial charge in [0.2, 0.25) is 0 Å². The maximum absolute atomic E-state index is 10.8. The summed E-state index contributed by atoms with van der Waals surface area (Å²) in [7, 11) is 1.46. The highest BCUT2D eigenvalue weighted by Crippen LogP contribution is 2.18. The number of hydrogen-bond acceptors (Lipinski definition) is 3. The second kappa shape index (κ2) is 4.09. The molecule has 0 saturated heterocycles. The first-order chi connectivity index (χ1) is 6.15. The van der Waals surface area contributed by atoms with Gasteiger partial charge in [0.25, 0.3) is 0 Å². The topological polar surface area (TPSA) is 59.7 Å². The third kappa shape index (κ3) is 2.32. The molecule has 72 valence electrons. The molecule has 0 aliphatic heterocycles. The minimum Gasteiger partial charge on any atom is -0.481 e. The molecule has 1 heterocycles. The van der Waals surface area contributed by atoms with E-state index in [1.165, 1.54) is 7.11 Å². The molecule has 1 N–H and O–H groups in total. The number of furan rings is 1. The van der Waals surface area contributed by atoms with Gasteiger partial charge in [-0.1, -0.05) is 0 Å². The third-order valence-electron chi connectivity index (χ3n) is 1.74. The molecule has 0 aliphatic carbocycles. The van der Waals surface area contributed by atoms with Crippen molar-refractivity contribution < 1.29 is 19.1 Å². The van der Waals surface area contributed by atoms with Crippen molar-refractivity contribution in [1.29, 1.82) is 0 Å². The van der Waals surface area contributed by atoms with Gasteiger partial charge in [-0.2, -0.15) is 0 Å². The number of aliphatic carboxylic acids is 1. The normalized spacial score (nSPS) is 12.8. The number of hydrogen-bond donors (Lipinski definition) is 1. The Morgan fingerprint density at radius 3 is 2.77 bits per heavy atom. The van der Waals surface area contributed by atoms with Crippen molar-refractivity contribution >= 4 is 5.97 Å². The second-order valence-corrected chi connectivity index (χ2v) is 2.79. The van der Waals surface area contributed by atoms with Crippen molar-refractivity contribution in [3.05, 3.63) is 23.7 Å². The van der Waals surface area contributed by atoms with Crippen LogP contribution in [0, 0.1) is 6.92 Å². The van der Waals surface area contributed by atoms with Crippen LogP contribution in [0.4, 0.5) is 0 Å². The monoisotopic (exact) mass is 184 g/mol. The summed E-state index contributed by atoms with van der Waals surface area (Å²) in [4.78, 5) is 10.8. The summed E-state index contributed by atoms with van der Waals surface area (Å²) in [5, 5.41) is 8.83. The molecular weight excluding hydrogens is 172 g/mol. The van der Waals surface area contributed by atoms with E-state index in [2.05, 4.69) is 0 Å². The zero-order valence-corrected chi connectivity index (χ0v) is 7.61. The van der Waals surface area contributed by atoms with Crippen LogP contribution in [0.25, 0.3) is 0 Å².